The van der Waals surface area contributed by atoms with Crippen LogP contribution in [0.25, 0.3) is 0 Å². The Morgan fingerprint density at radius 3 is 2.78 bits per heavy atom. The van der Waals surface area contributed by atoms with E-state index in [1.807, 2.05) is 36.4 Å². The molecule has 0 spiro atoms. The van der Waals surface area contributed by atoms with Gasteiger partial charge in [-0.25, -0.2) is 4.68 Å². The minimum atomic E-state index is -0.264. The average Bonchev–Trinajstić information content (AvgIpc) is 3.16. The first-order chi connectivity index (χ1) is 13.2. The van der Waals surface area contributed by atoms with E-state index in [4.69, 9.17) is 9.47 Å². The number of ether oxygens (including phenoxy) is 2. The van der Waals surface area contributed by atoms with Crippen LogP contribution in [-0.4, -0.2) is 33.0 Å². The molecule has 0 saturated carbocycles. The van der Waals surface area contributed by atoms with Crippen LogP contribution in [0.3, 0.4) is 0 Å². The van der Waals surface area contributed by atoms with Crippen molar-refractivity contribution in [2.24, 2.45) is 0 Å². The summed E-state index contributed by atoms with van der Waals surface area (Å²) in [4.78, 5) is 16.4. The molecule has 138 valence electrons. The zero-order valence-electron chi connectivity index (χ0n) is 14.8. The number of amides is 1. The quantitative estimate of drug-likeness (QED) is 0.742. The van der Waals surface area contributed by atoms with Crippen molar-refractivity contribution in [3.63, 3.8) is 0 Å². The van der Waals surface area contributed by atoms with E-state index < -0.39 is 0 Å². The van der Waals surface area contributed by atoms with Crippen molar-refractivity contribution in [3.8, 4) is 5.75 Å². The zero-order valence-corrected chi connectivity index (χ0v) is 14.8. The minimum Gasteiger partial charge on any atom is -0.497 e. The van der Waals surface area contributed by atoms with Crippen molar-refractivity contribution >= 4 is 5.91 Å². The first kappa shape index (κ1) is 17.2. The monoisotopic (exact) mass is 365 g/mol. The number of benzene rings is 1. The van der Waals surface area contributed by atoms with E-state index in [9.17, 15) is 4.79 Å². The van der Waals surface area contributed by atoms with Crippen LogP contribution >= 0.6 is 0 Å². The smallest absolute Gasteiger partial charge is 0.274 e. The minimum absolute atomic E-state index is 0.141. The first-order valence-electron chi connectivity index (χ1n) is 8.59. The molecule has 1 aliphatic rings. The Morgan fingerprint density at radius 1 is 1.26 bits per heavy atom. The van der Waals surface area contributed by atoms with E-state index in [0.29, 0.717) is 24.5 Å². The van der Waals surface area contributed by atoms with E-state index >= 15 is 0 Å². The van der Waals surface area contributed by atoms with Crippen LogP contribution in [-0.2, 0) is 24.4 Å². The molecule has 1 atom stereocenters. The average molecular weight is 365 g/mol. The summed E-state index contributed by atoms with van der Waals surface area (Å²) in [6.45, 7) is 1.19. The van der Waals surface area contributed by atoms with Gasteiger partial charge in [-0.05, 0) is 35.4 Å². The molecule has 1 aromatic carbocycles. The standard InChI is InChI=1S/C19H19N5O3/c1-26-15-4-2-14(3-5-15)17-11-24-16(12-27-17)18(22-23-24)19(25)21-10-13-6-8-20-9-7-13/h2-9,17H,10-12H2,1H3,(H,21,25). The van der Waals surface area contributed by atoms with Crippen LogP contribution in [0, 0.1) is 0 Å². The number of pyridine rings is 1. The Kier molecular flexibility index (Phi) is 4.80. The van der Waals surface area contributed by atoms with Gasteiger partial charge in [0.1, 0.15) is 11.9 Å². The topological polar surface area (TPSA) is 91.2 Å². The number of hydrogen-bond donors (Lipinski definition) is 1. The van der Waals surface area contributed by atoms with Crippen molar-refractivity contribution in [1.29, 1.82) is 0 Å². The molecule has 0 fully saturated rings. The summed E-state index contributed by atoms with van der Waals surface area (Å²) in [7, 11) is 1.63. The summed E-state index contributed by atoms with van der Waals surface area (Å²) >= 11 is 0. The lowest BCUT2D eigenvalue weighted by molar-refractivity contribution is -0.00179. The Labute approximate surface area is 156 Å². The van der Waals surface area contributed by atoms with Crippen molar-refractivity contribution in [2.75, 3.05) is 7.11 Å². The number of nitrogens with zero attached hydrogens (tertiary/aromatic N) is 4. The second kappa shape index (κ2) is 7.55. The third-order valence-electron chi connectivity index (χ3n) is 4.50. The second-order valence-corrected chi connectivity index (χ2v) is 6.18. The summed E-state index contributed by atoms with van der Waals surface area (Å²) in [5, 5.41) is 11.0. The Hall–Kier alpha value is -3.26. The van der Waals surface area contributed by atoms with Gasteiger partial charge in [-0.2, -0.15) is 0 Å². The van der Waals surface area contributed by atoms with Gasteiger partial charge in [0.05, 0.1) is 26.0 Å². The van der Waals surface area contributed by atoms with Gasteiger partial charge < -0.3 is 14.8 Å². The van der Waals surface area contributed by atoms with Gasteiger partial charge in [0, 0.05) is 18.9 Å². The molecule has 0 bridgehead atoms. The number of carbonyl (C=O) groups excluding carboxylic acids is 1. The highest BCUT2D eigenvalue weighted by Gasteiger charge is 2.27. The molecule has 0 aliphatic carbocycles. The SMILES string of the molecule is COc1ccc(C2Cn3nnc(C(=O)NCc4ccncc4)c3CO2)cc1. The lowest BCUT2D eigenvalue weighted by Gasteiger charge is -2.24. The lowest BCUT2D eigenvalue weighted by Crippen LogP contribution is -2.27. The van der Waals surface area contributed by atoms with E-state index in [-0.39, 0.29) is 18.6 Å². The summed E-state index contributed by atoms with van der Waals surface area (Å²) < 4.78 is 12.9. The van der Waals surface area contributed by atoms with Gasteiger partial charge in [0.25, 0.3) is 5.91 Å². The fourth-order valence-electron chi connectivity index (χ4n) is 2.97. The van der Waals surface area contributed by atoms with Gasteiger partial charge in [0.2, 0.25) is 0 Å². The molecular formula is C19H19N5O3. The molecule has 8 nitrogen and oxygen atoms in total. The molecular weight excluding hydrogens is 346 g/mol. The fourth-order valence-corrected chi connectivity index (χ4v) is 2.97. The van der Waals surface area contributed by atoms with Crippen LogP contribution < -0.4 is 10.1 Å². The van der Waals surface area contributed by atoms with Crippen LogP contribution in [0.2, 0.25) is 0 Å². The maximum Gasteiger partial charge on any atom is 0.274 e. The highest BCUT2D eigenvalue weighted by Crippen LogP contribution is 2.28. The van der Waals surface area contributed by atoms with E-state index in [0.717, 1.165) is 16.9 Å². The van der Waals surface area contributed by atoms with Crippen LogP contribution in [0.15, 0.2) is 48.8 Å². The number of hydrogen-bond acceptors (Lipinski definition) is 6. The maximum atomic E-state index is 12.5. The van der Waals surface area contributed by atoms with Gasteiger partial charge in [-0.15, -0.1) is 5.10 Å². The van der Waals surface area contributed by atoms with Gasteiger partial charge in [-0.1, -0.05) is 17.3 Å². The molecule has 27 heavy (non-hydrogen) atoms. The number of methoxy groups -OCH3 is 1. The van der Waals surface area contributed by atoms with Crippen molar-refractivity contribution in [3.05, 3.63) is 71.3 Å². The predicted molar refractivity (Wildman–Crippen MR) is 96.0 cm³/mol. The van der Waals surface area contributed by atoms with Crippen molar-refractivity contribution in [1.82, 2.24) is 25.3 Å². The molecule has 1 aliphatic heterocycles. The molecule has 0 saturated heterocycles. The summed E-state index contributed by atoms with van der Waals surface area (Å²) in [5.41, 5.74) is 2.99. The maximum absolute atomic E-state index is 12.5. The summed E-state index contributed by atoms with van der Waals surface area (Å²) in [6.07, 6.45) is 3.24. The highest BCUT2D eigenvalue weighted by molar-refractivity contribution is 5.93. The number of rotatable bonds is 5. The van der Waals surface area contributed by atoms with Gasteiger partial charge in [-0.3, -0.25) is 9.78 Å². The summed E-state index contributed by atoms with van der Waals surface area (Å²) in [5.74, 6) is 0.531. The van der Waals surface area contributed by atoms with Gasteiger partial charge in [0.15, 0.2) is 5.69 Å². The molecule has 2 aromatic heterocycles. The van der Waals surface area contributed by atoms with E-state index in [1.54, 1.807) is 24.2 Å². The number of nitrogens with one attached hydrogen (secondary N) is 1. The zero-order chi connectivity index (χ0) is 18.6. The molecule has 4 rings (SSSR count). The lowest BCUT2D eigenvalue weighted by atomic mass is 10.1. The number of aromatic nitrogens is 4. The molecule has 3 aromatic rings. The van der Waals surface area contributed by atoms with Crippen LogP contribution in [0.5, 0.6) is 5.75 Å². The Morgan fingerprint density at radius 2 is 2.04 bits per heavy atom. The molecule has 1 unspecified atom stereocenters. The largest absolute Gasteiger partial charge is 0.497 e. The third kappa shape index (κ3) is 3.65. The van der Waals surface area contributed by atoms with Gasteiger partial charge >= 0.3 is 0 Å². The van der Waals surface area contributed by atoms with E-state index in [1.165, 1.54) is 0 Å². The highest BCUT2D eigenvalue weighted by atomic mass is 16.5. The van der Waals surface area contributed by atoms with Crippen LogP contribution in [0.4, 0.5) is 0 Å². The van der Waals surface area contributed by atoms with Crippen molar-refractivity contribution < 1.29 is 14.3 Å². The molecule has 0 radical (unpaired) electrons. The summed E-state index contributed by atoms with van der Waals surface area (Å²) in [6, 6.07) is 11.4. The Bertz CT molecular complexity index is 924. The third-order valence-corrected chi connectivity index (χ3v) is 4.50. The normalized spacial score (nSPS) is 15.8. The predicted octanol–water partition coefficient (Wildman–Crippen LogP) is 1.88. The molecule has 8 heteroatoms. The van der Waals surface area contributed by atoms with E-state index in [2.05, 4.69) is 20.6 Å². The second-order valence-electron chi connectivity index (χ2n) is 6.18. The first-order valence-corrected chi connectivity index (χ1v) is 8.59. The molecule has 1 N–H and O–H groups in total. The fraction of sp³-hybridized carbons (Fsp3) is 0.263. The Balaban J connectivity index is 1.44. The van der Waals surface area contributed by atoms with Crippen molar-refractivity contribution in [2.45, 2.75) is 25.8 Å². The molecule has 1 amide bonds. The number of carbonyl (C=O) groups is 1. The van der Waals surface area contributed by atoms with Crippen LogP contribution in [0.1, 0.15) is 33.4 Å². The number of fused-ring (bicyclic) bond motifs is 1. The molecule has 3 heterocycles.